The Bertz CT molecular complexity index is 1730. The van der Waals surface area contributed by atoms with Gasteiger partial charge in [-0.15, -0.1) is 0 Å². The van der Waals surface area contributed by atoms with Crippen molar-refractivity contribution in [3.63, 3.8) is 0 Å². The molecule has 0 aliphatic rings. The number of nitrogens with one attached hydrogen (secondary N) is 2. The summed E-state index contributed by atoms with van der Waals surface area (Å²) in [6.07, 6.45) is 1.17. The van der Waals surface area contributed by atoms with E-state index in [1.54, 1.807) is 19.1 Å². The van der Waals surface area contributed by atoms with Crippen LogP contribution in [-0.2, 0) is 32.0 Å². The molecule has 48 heavy (non-hydrogen) atoms. The van der Waals surface area contributed by atoms with Crippen LogP contribution in [-0.4, -0.2) is 75.2 Å². The van der Waals surface area contributed by atoms with Crippen LogP contribution in [0.4, 0.5) is 11.4 Å². The second kappa shape index (κ2) is 16.8. The number of nitrogens with zero attached hydrogens (tertiary/aromatic N) is 1. The molecule has 254 valence electrons. The lowest BCUT2D eigenvalue weighted by atomic mass is 9.99. The highest BCUT2D eigenvalue weighted by molar-refractivity contribution is 6.39. The minimum absolute atomic E-state index is 0.0383. The van der Waals surface area contributed by atoms with Gasteiger partial charge in [-0.3, -0.25) is 19.3 Å². The second-order valence-electron chi connectivity index (χ2n) is 10.5. The van der Waals surface area contributed by atoms with Crippen molar-refractivity contribution in [3.8, 4) is 11.5 Å². The first-order valence-electron chi connectivity index (χ1n) is 14.7. The maximum absolute atomic E-state index is 13.1. The van der Waals surface area contributed by atoms with Crippen LogP contribution in [0.15, 0.2) is 54.6 Å². The minimum atomic E-state index is -1.79. The number of halogens is 1. The summed E-state index contributed by atoms with van der Waals surface area (Å²) < 4.78 is 5.49. The van der Waals surface area contributed by atoms with Crippen molar-refractivity contribution >= 4 is 58.6 Å². The fraction of sp³-hybridized carbons (Fsp3) is 0.273. The van der Waals surface area contributed by atoms with E-state index in [1.165, 1.54) is 43.3 Å². The second-order valence-corrected chi connectivity index (χ2v) is 10.9. The van der Waals surface area contributed by atoms with E-state index >= 15 is 0 Å². The molecular weight excluding hydrogens is 650 g/mol. The van der Waals surface area contributed by atoms with E-state index < -0.39 is 53.0 Å². The monoisotopic (exact) mass is 683 g/mol. The highest BCUT2D eigenvalue weighted by Crippen LogP contribution is 2.34. The fourth-order valence-electron chi connectivity index (χ4n) is 4.89. The van der Waals surface area contributed by atoms with E-state index in [4.69, 9.17) is 16.3 Å². The highest BCUT2D eigenvalue weighted by Gasteiger charge is 2.30. The molecule has 0 fully saturated rings. The van der Waals surface area contributed by atoms with Crippen molar-refractivity contribution < 1.29 is 53.9 Å². The third-order valence-electron chi connectivity index (χ3n) is 7.05. The molecule has 0 bridgehead atoms. The lowest BCUT2D eigenvalue weighted by molar-refractivity contribution is -0.148. The molecule has 0 spiro atoms. The SMILES string of the molecule is CCc1cc(CC(NC(C)=O)C(=O)NCCCCOc2cc(Cl)cc(O)c2C(=O)O)ccc1N(C(=O)C(=O)O)c1ccccc1C(=O)O. The van der Waals surface area contributed by atoms with Crippen LogP contribution in [0.3, 0.4) is 0 Å². The molecule has 3 rings (SSSR count). The van der Waals surface area contributed by atoms with Crippen molar-refractivity contribution in [2.24, 2.45) is 0 Å². The summed E-state index contributed by atoms with van der Waals surface area (Å²) in [6, 6.07) is 11.6. The van der Waals surface area contributed by atoms with Crippen LogP contribution in [0.1, 0.15) is 58.5 Å². The van der Waals surface area contributed by atoms with Gasteiger partial charge in [0.15, 0.2) is 0 Å². The average Bonchev–Trinajstić information content (AvgIpc) is 3.02. The Hall–Kier alpha value is -5.63. The zero-order valence-electron chi connectivity index (χ0n) is 26.0. The first-order valence-corrected chi connectivity index (χ1v) is 15.1. The number of aliphatic carboxylic acids is 1. The Morgan fingerprint density at radius 1 is 0.917 bits per heavy atom. The predicted octanol–water partition coefficient (Wildman–Crippen LogP) is 3.78. The Kier molecular flexibility index (Phi) is 12.9. The number of ether oxygens (including phenoxy) is 1. The number of aryl methyl sites for hydroxylation is 1. The van der Waals surface area contributed by atoms with Gasteiger partial charge in [0.25, 0.3) is 0 Å². The van der Waals surface area contributed by atoms with Crippen molar-refractivity contribution in [3.05, 3.63) is 81.9 Å². The summed E-state index contributed by atoms with van der Waals surface area (Å²) in [5.41, 5.74) is 0.384. The summed E-state index contributed by atoms with van der Waals surface area (Å²) in [5.74, 6) is -7.46. The molecule has 0 aromatic heterocycles. The van der Waals surface area contributed by atoms with Crippen LogP contribution in [0.25, 0.3) is 0 Å². The molecule has 1 atom stereocenters. The first-order chi connectivity index (χ1) is 22.7. The lowest BCUT2D eigenvalue weighted by Crippen LogP contribution is -2.47. The van der Waals surface area contributed by atoms with E-state index in [-0.39, 0.29) is 47.3 Å². The number of aromatic hydroxyl groups is 1. The summed E-state index contributed by atoms with van der Waals surface area (Å²) >= 11 is 5.88. The number of amides is 3. The van der Waals surface area contributed by atoms with Crippen molar-refractivity contribution in [2.75, 3.05) is 18.1 Å². The van der Waals surface area contributed by atoms with E-state index in [9.17, 15) is 49.2 Å². The quantitative estimate of drug-likeness (QED) is 0.1000. The first kappa shape index (κ1) is 36.8. The van der Waals surface area contributed by atoms with E-state index in [0.717, 1.165) is 11.0 Å². The number of para-hydroxylation sites is 1. The fourth-order valence-corrected chi connectivity index (χ4v) is 5.09. The zero-order chi connectivity index (χ0) is 35.5. The number of hydrogen-bond acceptors (Lipinski definition) is 8. The van der Waals surface area contributed by atoms with Gasteiger partial charge in [0.05, 0.1) is 23.5 Å². The molecule has 14 nitrogen and oxygen atoms in total. The number of anilines is 2. The average molecular weight is 684 g/mol. The molecule has 3 aromatic rings. The predicted molar refractivity (Wildman–Crippen MR) is 173 cm³/mol. The van der Waals surface area contributed by atoms with Crippen LogP contribution < -0.4 is 20.3 Å². The molecule has 3 amide bonds. The summed E-state index contributed by atoms with van der Waals surface area (Å²) in [4.78, 5) is 73.8. The Labute approximate surface area is 279 Å². The van der Waals surface area contributed by atoms with Gasteiger partial charge >= 0.3 is 23.8 Å². The normalized spacial score (nSPS) is 11.2. The Balaban J connectivity index is 1.72. The number of carboxylic acids is 3. The molecule has 15 heteroatoms. The lowest BCUT2D eigenvalue weighted by Gasteiger charge is -2.26. The maximum atomic E-state index is 13.1. The van der Waals surface area contributed by atoms with Crippen LogP contribution in [0.2, 0.25) is 5.02 Å². The van der Waals surface area contributed by atoms with Gasteiger partial charge in [-0.25, -0.2) is 14.4 Å². The number of carboxylic acid groups (broad SMARTS) is 3. The zero-order valence-corrected chi connectivity index (χ0v) is 26.7. The number of unbranched alkanes of at least 4 members (excludes halogenated alkanes) is 1. The van der Waals surface area contributed by atoms with Gasteiger partial charge in [-0.2, -0.15) is 0 Å². The van der Waals surface area contributed by atoms with E-state index in [2.05, 4.69) is 10.6 Å². The van der Waals surface area contributed by atoms with E-state index in [1.807, 2.05) is 0 Å². The van der Waals surface area contributed by atoms with Gasteiger partial charge < -0.3 is 35.8 Å². The standard InChI is InChI=1S/C33H34ClN3O11/c1-3-20-14-19(10-11-24(20)37(30(41)33(46)47)25-9-5-4-8-22(25)31(42)43)15-23(36-18(2)38)29(40)35-12-6-7-13-48-27-17-21(34)16-26(39)28(27)32(44)45/h4-5,8-11,14,16-17,23,39H,3,6-7,12-13,15H2,1-2H3,(H,35,40)(H,36,38)(H,42,43)(H,44,45)(H,46,47). The molecular formula is C33H34ClN3O11. The van der Waals surface area contributed by atoms with E-state index in [0.29, 0.717) is 30.4 Å². The van der Waals surface area contributed by atoms with Gasteiger partial charge in [-0.1, -0.05) is 42.8 Å². The molecule has 0 saturated carbocycles. The molecule has 0 aliphatic heterocycles. The van der Waals surface area contributed by atoms with Gasteiger partial charge in [0.1, 0.15) is 23.1 Å². The molecule has 0 radical (unpaired) electrons. The topological polar surface area (TPSA) is 220 Å². The number of aromatic carboxylic acids is 2. The number of hydrogen-bond donors (Lipinski definition) is 6. The molecule has 1 unspecified atom stereocenters. The number of rotatable bonds is 15. The Morgan fingerprint density at radius 3 is 2.25 bits per heavy atom. The molecule has 6 N–H and O–H groups in total. The number of phenols is 1. The summed E-state index contributed by atoms with van der Waals surface area (Å²) in [6.45, 7) is 3.27. The third kappa shape index (κ3) is 9.45. The van der Waals surface area contributed by atoms with Gasteiger partial charge in [-0.05, 0) is 60.7 Å². The van der Waals surface area contributed by atoms with Crippen LogP contribution >= 0.6 is 11.6 Å². The Morgan fingerprint density at radius 2 is 1.62 bits per heavy atom. The van der Waals surface area contributed by atoms with Crippen molar-refractivity contribution in [1.29, 1.82) is 0 Å². The van der Waals surface area contributed by atoms with Crippen LogP contribution in [0.5, 0.6) is 11.5 Å². The smallest absolute Gasteiger partial charge is 0.395 e. The largest absolute Gasteiger partial charge is 0.507 e. The van der Waals surface area contributed by atoms with Gasteiger partial charge in [0, 0.05) is 24.9 Å². The van der Waals surface area contributed by atoms with Crippen LogP contribution in [0, 0.1) is 0 Å². The summed E-state index contributed by atoms with van der Waals surface area (Å²) in [7, 11) is 0. The van der Waals surface area contributed by atoms with Crippen molar-refractivity contribution in [2.45, 2.75) is 45.6 Å². The number of carbonyl (C=O) groups is 6. The molecule has 0 aliphatic carbocycles. The van der Waals surface area contributed by atoms with Crippen molar-refractivity contribution in [1.82, 2.24) is 10.6 Å². The number of carbonyl (C=O) groups excluding carboxylic acids is 3. The third-order valence-corrected chi connectivity index (χ3v) is 7.27. The highest BCUT2D eigenvalue weighted by atomic mass is 35.5. The maximum Gasteiger partial charge on any atom is 0.395 e. The summed E-state index contributed by atoms with van der Waals surface area (Å²) in [5, 5.41) is 43.9. The molecule has 0 saturated heterocycles. The number of benzene rings is 3. The minimum Gasteiger partial charge on any atom is -0.507 e. The molecule has 3 aromatic carbocycles. The molecule has 0 heterocycles. The van der Waals surface area contributed by atoms with Gasteiger partial charge in [0.2, 0.25) is 11.8 Å².